The zero-order valence-electron chi connectivity index (χ0n) is 22.3. The molecule has 0 bridgehead atoms. The van der Waals surface area contributed by atoms with Crippen LogP contribution in [0.5, 0.6) is 0 Å². The lowest BCUT2D eigenvalue weighted by atomic mass is 10.2. The average Bonchev–Trinajstić information content (AvgIpc) is 3.42. The third-order valence-corrected chi connectivity index (χ3v) is 6.89. The van der Waals surface area contributed by atoms with E-state index in [9.17, 15) is 19.6 Å². The fourth-order valence-corrected chi connectivity index (χ4v) is 5.04. The molecule has 39 heavy (non-hydrogen) atoms. The van der Waals surface area contributed by atoms with E-state index in [4.69, 9.17) is 4.74 Å². The van der Waals surface area contributed by atoms with Crippen LogP contribution in [0.15, 0.2) is 41.3 Å². The Morgan fingerprint density at radius 2 is 1.85 bits per heavy atom. The van der Waals surface area contributed by atoms with E-state index in [0.717, 1.165) is 25.7 Å². The Kier molecular flexibility index (Phi) is 6.95. The second-order valence-electron chi connectivity index (χ2n) is 10.9. The Bertz CT molecular complexity index is 1510. The van der Waals surface area contributed by atoms with Crippen LogP contribution in [0.2, 0.25) is 0 Å². The minimum Gasteiger partial charge on any atom is -0.444 e. The highest BCUT2D eigenvalue weighted by Gasteiger charge is 2.31. The number of aromatic nitrogens is 3. The maximum Gasteiger partial charge on any atom is 0.410 e. The van der Waals surface area contributed by atoms with E-state index < -0.39 is 11.7 Å². The standard InChI is InChI=1S/C28H31N7O4/c1-28(2,3)39-27(38)33-12-13-34(23(36)17-33)21-10-8-20(9-11-21)31-26-30-16-19-14-18(15-29)25(37)35(24(19)32-26)22-6-4-5-7-22/h8-11,14,16,22H,4-7,12-13,17H2,1-3H3,(H,30,31,32). The number of fused-ring (bicyclic) bond motifs is 1. The van der Waals surface area contributed by atoms with Gasteiger partial charge in [-0.25, -0.2) is 9.78 Å². The third-order valence-electron chi connectivity index (χ3n) is 6.89. The number of nitrogens with one attached hydrogen (secondary N) is 1. The number of nitrogens with zero attached hydrogens (tertiary/aromatic N) is 6. The minimum absolute atomic E-state index is 0.0173. The number of rotatable bonds is 4. The SMILES string of the molecule is CC(C)(C)OC(=O)N1CCN(c2ccc(Nc3ncc4cc(C#N)c(=O)n(C5CCCC5)c4n3)cc2)C(=O)C1. The third kappa shape index (κ3) is 5.55. The lowest BCUT2D eigenvalue weighted by Crippen LogP contribution is -2.53. The number of anilines is 3. The first-order valence-corrected chi connectivity index (χ1v) is 13.1. The highest BCUT2D eigenvalue weighted by Crippen LogP contribution is 2.31. The molecule has 5 rings (SSSR count). The van der Waals surface area contributed by atoms with Crippen molar-refractivity contribution >= 4 is 40.4 Å². The molecule has 0 radical (unpaired) electrons. The summed E-state index contributed by atoms with van der Waals surface area (Å²) in [5.74, 6) is 0.139. The van der Waals surface area contributed by atoms with Gasteiger partial charge in [0, 0.05) is 42.1 Å². The first kappa shape index (κ1) is 26.2. The summed E-state index contributed by atoms with van der Waals surface area (Å²) in [6.07, 6.45) is 4.96. The summed E-state index contributed by atoms with van der Waals surface area (Å²) in [6.45, 7) is 6.07. The molecule has 1 saturated heterocycles. The normalized spacial score (nSPS) is 16.4. The number of amides is 2. The van der Waals surface area contributed by atoms with Crippen molar-refractivity contribution in [3.8, 4) is 6.07 Å². The van der Waals surface area contributed by atoms with Crippen LogP contribution in [0.25, 0.3) is 11.0 Å². The Morgan fingerprint density at radius 1 is 1.13 bits per heavy atom. The zero-order chi connectivity index (χ0) is 27.7. The first-order chi connectivity index (χ1) is 18.6. The molecule has 202 valence electrons. The van der Waals surface area contributed by atoms with E-state index in [-0.39, 0.29) is 29.6 Å². The smallest absolute Gasteiger partial charge is 0.410 e. The van der Waals surface area contributed by atoms with Crippen molar-refractivity contribution in [2.45, 2.75) is 58.1 Å². The molecule has 11 nitrogen and oxygen atoms in total. The zero-order valence-corrected chi connectivity index (χ0v) is 22.3. The Labute approximate surface area is 226 Å². The second-order valence-corrected chi connectivity index (χ2v) is 10.9. The van der Waals surface area contributed by atoms with Gasteiger partial charge in [-0.3, -0.25) is 19.1 Å². The number of carbonyl (C=O) groups is 2. The number of nitriles is 1. The van der Waals surface area contributed by atoms with Gasteiger partial charge in [-0.15, -0.1) is 0 Å². The van der Waals surface area contributed by atoms with Crippen LogP contribution >= 0.6 is 0 Å². The van der Waals surface area contributed by atoms with Crippen LogP contribution in [0.4, 0.5) is 22.1 Å². The number of ether oxygens (including phenoxy) is 1. The van der Waals surface area contributed by atoms with Crippen molar-refractivity contribution in [1.29, 1.82) is 5.26 Å². The highest BCUT2D eigenvalue weighted by atomic mass is 16.6. The summed E-state index contributed by atoms with van der Waals surface area (Å²) in [5, 5.41) is 13.3. The van der Waals surface area contributed by atoms with Crippen molar-refractivity contribution in [2.75, 3.05) is 29.9 Å². The molecule has 2 amide bonds. The van der Waals surface area contributed by atoms with Crippen LogP contribution < -0.4 is 15.8 Å². The fraction of sp³-hybridized carbons (Fsp3) is 0.429. The number of piperazine rings is 1. The Balaban J connectivity index is 1.32. The molecule has 1 aliphatic carbocycles. The predicted molar refractivity (Wildman–Crippen MR) is 146 cm³/mol. The van der Waals surface area contributed by atoms with E-state index in [0.29, 0.717) is 41.4 Å². The molecule has 11 heteroatoms. The van der Waals surface area contributed by atoms with E-state index in [1.165, 1.54) is 4.90 Å². The van der Waals surface area contributed by atoms with Gasteiger partial charge >= 0.3 is 6.09 Å². The van der Waals surface area contributed by atoms with Gasteiger partial charge in [0.2, 0.25) is 11.9 Å². The van der Waals surface area contributed by atoms with Gasteiger partial charge in [0.15, 0.2) is 0 Å². The van der Waals surface area contributed by atoms with E-state index in [1.807, 2.05) is 30.3 Å². The molecule has 1 N–H and O–H groups in total. The second kappa shape index (κ2) is 10.4. The van der Waals surface area contributed by atoms with Crippen molar-refractivity contribution in [3.63, 3.8) is 0 Å². The minimum atomic E-state index is -0.623. The fourth-order valence-electron chi connectivity index (χ4n) is 5.04. The van der Waals surface area contributed by atoms with Crippen molar-refractivity contribution in [2.24, 2.45) is 0 Å². The van der Waals surface area contributed by atoms with Crippen molar-refractivity contribution in [1.82, 2.24) is 19.4 Å². The molecule has 0 atom stereocenters. The van der Waals surface area contributed by atoms with Gasteiger partial charge in [-0.2, -0.15) is 10.2 Å². The predicted octanol–water partition coefficient (Wildman–Crippen LogP) is 4.11. The summed E-state index contributed by atoms with van der Waals surface area (Å²) in [4.78, 5) is 50.2. The maximum atomic E-state index is 13.0. The molecule has 2 aliphatic rings. The van der Waals surface area contributed by atoms with Crippen LogP contribution in [0.1, 0.15) is 58.1 Å². The quantitative estimate of drug-likeness (QED) is 0.534. The van der Waals surface area contributed by atoms with Gasteiger partial charge in [0.05, 0.1) is 0 Å². The van der Waals surface area contributed by atoms with Crippen LogP contribution in [-0.4, -0.2) is 56.7 Å². The lowest BCUT2D eigenvalue weighted by molar-refractivity contribution is -0.121. The number of benzene rings is 1. The van der Waals surface area contributed by atoms with Gasteiger partial charge in [-0.05, 0) is 63.9 Å². The molecule has 3 aromatic rings. The number of pyridine rings is 1. The number of carbonyl (C=O) groups excluding carboxylic acids is 2. The lowest BCUT2D eigenvalue weighted by Gasteiger charge is -2.35. The molecule has 0 spiro atoms. The Morgan fingerprint density at radius 3 is 2.49 bits per heavy atom. The highest BCUT2D eigenvalue weighted by molar-refractivity contribution is 5.97. The molecule has 1 saturated carbocycles. The van der Waals surface area contributed by atoms with Crippen molar-refractivity contribution in [3.05, 3.63) is 52.4 Å². The summed E-state index contributed by atoms with van der Waals surface area (Å²) in [5.41, 5.74) is 1.09. The van der Waals surface area contributed by atoms with Crippen LogP contribution in [0, 0.1) is 11.3 Å². The average molecular weight is 530 g/mol. The van der Waals surface area contributed by atoms with Gasteiger partial charge in [-0.1, -0.05) is 12.8 Å². The molecule has 2 aromatic heterocycles. The molecule has 3 heterocycles. The summed E-state index contributed by atoms with van der Waals surface area (Å²) < 4.78 is 7.04. The number of hydrogen-bond acceptors (Lipinski definition) is 8. The summed E-state index contributed by atoms with van der Waals surface area (Å²) >= 11 is 0. The summed E-state index contributed by atoms with van der Waals surface area (Å²) in [7, 11) is 0. The molecule has 1 aromatic carbocycles. The maximum absolute atomic E-state index is 13.0. The first-order valence-electron chi connectivity index (χ1n) is 13.1. The molecular formula is C28H31N7O4. The molecule has 1 aliphatic heterocycles. The van der Waals surface area contributed by atoms with Gasteiger partial charge in [0.25, 0.3) is 5.56 Å². The molecule has 2 fully saturated rings. The van der Waals surface area contributed by atoms with Gasteiger partial charge in [0.1, 0.15) is 29.4 Å². The topological polar surface area (TPSA) is 133 Å². The van der Waals surface area contributed by atoms with E-state index in [1.54, 1.807) is 42.5 Å². The van der Waals surface area contributed by atoms with Crippen LogP contribution in [0.3, 0.4) is 0 Å². The largest absolute Gasteiger partial charge is 0.444 e. The number of hydrogen-bond donors (Lipinski definition) is 1. The van der Waals surface area contributed by atoms with Crippen molar-refractivity contribution < 1.29 is 14.3 Å². The van der Waals surface area contributed by atoms with E-state index in [2.05, 4.69) is 15.3 Å². The van der Waals surface area contributed by atoms with Crippen LogP contribution in [-0.2, 0) is 9.53 Å². The Hall–Kier alpha value is -4.46. The monoisotopic (exact) mass is 529 g/mol. The molecular weight excluding hydrogens is 498 g/mol. The summed E-state index contributed by atoms with van der Waals surface area (Å²) in [6, 6.07) is 10.8. The molecule has 0 unspecified atom stereocenters. The van der Waals surface area contributed by atoms with Gasteiger partial charge < -0.3 is 15.0 Å². The van der Waals surface area contributed by atoms with E-state index >= 15 is 0 Å².